The molecule has 0 radical (unpaired) electrons. The quantitative estimate of drug-likeness (QED) is 0.704. The lowest BCUT2D eigenvalue weighted by atomic mass is 10.0. The maximum absolute atomic E-state index is 5.77. The summed E-state index contributed by atoms with van der Waals surface area (Å²) < 4.78 is 5.77. The first-order chi connectivity index (χ1) is 7.81. The topological polar surface area (TPSA) is 9.23 Å². The van der Waals surface area contributed by atoms with Crippen molar-refractivity contribution in [2.75, 3.05) is 6.61 Å². The molecule has 0 bridgehead atoms. The van der Waals surface area contributed by atoms with E-state index in [-0.39, 0.29) is 0 Å². The molecule has 88 valence electrons. The van der Waals surface area contributed by atoms with Gasteiger partial charge in [-0.15, -0.1) is 0 Å². The molecule has 0 heterocycles. The van der Waals surface area contributed by atoms with Crippen LogP contribution in [0.4, 0.5) is 0 Å². The van der Waals surface area contributed by atoms with Gasteiger partial charge in [0.15, 0.2) is 0 Å². The first-order valence-electron chi connectivity index (χ1n) is 6.43. The molecule has 0 amide bonds. The Morgan fingerprint density at radius 3 is 2.75 bits per heavy atom. The number of hydrogen-bond acceptors (Lipinski definition) is 1. The van der Waals surface area contributed by atoms with Crippen LogP contribution < -0.4 is 0 Å². The molecule has 3 atom stereocenters. The molecule has 0 aromatic heterocycles. The summed E-state index contributed by atoms with van der Waals surface area (Å²) in [5.41, 5.74) is 1.28. The standard InChI is InChI=1S/C15H22O/c1-3-12(2)15-9-14(15)11-16-10-13-7-5-4-6-8-13/h4-8,12,14-15H,3,9-11H2,1-2H3. The molecule has 0 N–H and O–H groups in total. The van der Waals surface area contributed by atoms with Crippen molar-refractivity contribution in [1.82, 2.24) is 0 Å². The van der Waals surface area contributed by atoms with Crippen LogP contribution in [-0.4, -0.2) is 6.61 Å². The van der Waals surface area contributed by atoms with Crippen molar-refractivity contribution in [2.24, 2.45) is 17.8 Å². The van der Waals surface area contributed by atoms with Gasteiger partial charge in [-0.1, -0.05) is 50.6 Å². The van der Waals surface area contributed by atoms with E-state index in [1.54, 1.807) is 0 Å². The second-order valence-electron chi connectivity index (χ2n) is 5.05. The van der Waals surface area contributed by atoms with Crippen LogP contribution in [0.1, 0.15) is 32.3 Å². The third-order valence-electron chi connectivity index (χ3n) is 3.80. The maximum atomic E-state index is 5.77. The van der Waals surface area contributed by atoms with E-state index in [0.29, 0.717) is 0 Å². The second kappa shape index (κ2) is 5.49. The van der Waals surface area contributed by atoms with Gasteiger partial charge in [0, 0.05) is 0 Å². The summed E-state index contributed by atoms with van der Waals surface area (Å²) in [6, 6.07) is 10.4. The molecular formula is C15H22O. The van der Waals surface area contributed by atoms with Crippen molar-refractivity contribution in [3.63, 3.8) is 0 Å². The van der Waals surface area contributed by atoms with Crippen LogP contribution in [0, 0.1) is 17.8 Å². The Bertz CT molecular complexity index is 306. The monoisotopic (exact) mass is 218 g/mol. The van der Waals surface area contributed by atoms with Crippen LogP contribution in [0.15, 0.2) is 30.3 Å². The highest BCUT2D eigenvalue weighted by molar-refractivity contribution is 5.13. The van der Waals surface area contributed by atoms with Gasteiger partial charge >= 0.3 is 0 Å². The fourth-order valence-electron chi connectivity index (χ4n) is 2.36. The van der Waals surface area contributed by atoms with E-state index in [2.05, 4.69) is 38.1 Å². The zero-order valence-corrected chi connectivity index (χ0v) is 10.4. The molecule has 1 aromatic carbocycles. The van der Waals surface area contributed by atoms with Crippen LogP contribution in [0.5, 0.6) is 0 Å². The lowest BCUT2D eigenvalue weighted by Gasteiger charge is -2.07. The number of hydrogen-bond donors (Lipinski definition) is 0. The average molecular weight is 218 g/mol. The molecule has 0 spiro atoms. The predicted octanol–water partition coefficient (Wildman–Crippen LogP) is 3.89. The molecule has 1 aromatic rings. The van der Waals surface area contributed by atoms with Crippen LogP contribution >= 0.6 is 0 Å². The minimum Gasteiger partial charge on any atom is -0.376 e. The zero-order chi connectivity index (χ0) is 11.4. The maximum Gasteiger partial charge on any atom is 0.0717 e. The van der Waals surface area contributed by atoms with E-state index >= 15 is 0 Å². The van der Waals surface area contributed by atoms with Crippen molar-refractivity contribution >= 4 is 0 Å². The van der Waals surface area contributed by atoms with Crippen molar-refractivity contribution in [1.29, 1.82) is 0 Å². The van der Waals surface area contributed by atoms with Gasteiger partial charge in [-0.3, -0.25) is 0 Å². The molecular weight excluding hydrogens is 196 g/mol. The SMILES string of the molecule is CCC(C)C1CC1COCc1ccccc1. The Morgan fingerprint density at radius 1 is 1.31 bits per heavy atom. The van der Waals surface area contributed by atoms with Gasteiger partial charge in [-0.2, -0.15) is 0 Å². The minimum absolute atomic E-state index is 0.768. The average Bonchev–Trinajstić information content (AvgIpc) is 3.09. The Labute approximate surface area is 98.8 Å². The summed E-state index contributed by atoms with van der Waals surface area (Å²) in [5.74, 6) is 2.64. The van der Waals surface area contributed by atoms with Crippen molar-refractivity contribution in [3.05, 3.63) is 35.9 Å². The van der Waals surface area contributed by atoms with Gasteiger partial charge in [0.25, 0.3) is 0 Å². The third-order valence-corrected chi connectivity index (χ3v) is 3.80. The third kappa shape index (κ3) is 3.08. The lowest BCUT2D eigenvalue weighted by molar-refractivity contribution is 0.105. The van der Waals surface area contributed by atoms with Gasteiger partial charge in [-0.25, -0.2) is 0 Å². The molecule has 1 heteroatoms. The Kier molecular flexibility index (Phi) is 4.00. The highest BCUT2D eigenvalue weighted by Gasteiger charge is 2.39. The van der Waals surface area contributed by atoms with Crippen LogP contribution in [0.25, 0.3) is 0 Å². The molecule has 1 nitrogen and oxygen atoms in total. The van der Waals surface area contributed by atoms with Gasteiger partial charge in [0.1, 0.15) is 0 Å². The normalized spacial score (nSPS) is 25.4. The predicted molar refractivity (Wildman–Crippen MR) is 67.2 cm³/mol. The van der Waals surface area contributed by atoms with Gasteiger partial charge < -0.3 is 4.74 Å². The Morgan fingerprint density at radius 2 is 2.06 bits per heavy atom. The van der Waals surface area contributed by atoms with Gasteiger partial charge in [-0.05, 0) is 29.7 Å². The van der Waals surface area contributed by atoms with Crippen LogP contribution in [0.3, 0.4) is 0 Å². The highest BCUT2D eigenvalue weighted by Crippen LogP contribution is 2.45. The fourth-order valence-corrected chi connectivity index (χ4v) is 2.36. The second-order valence-corrected chi connectivity index (χ2v) is 5.05. The van der Waals surface area contributed by atoms with Crippen molar-refractivity contribution < 1.29 is 4.74 Å². The van der Waals surface area contributed by atoms with Crippen molar-refractivity contribution in [2.45, 2.75) is 33.3 Å². The number of rotatable bonds is 6. The molecule has 0 saturated heterocycles. The Hall–Kier alpha value is -0.820. The first-order valence-corrected chi connectivity index (χ1v) is 6.43. The van der Waals surface area contributed by atoms with Gasteiger partial charge in [0.2, 0.25) is 0 Å². The summed E-state index contributed by atoms with van der Waals surface area (Å²) in [6.07, 6.45) is 2.68. The lowest BCUT2D eigenvalue weighted by Crippen LogP contribution is -2.03. The first kappa shape index (κ1) is 11.7. The molecule has 16 heavy (non-hydrogen) atoms. The van der Waals surface area contributed by atoms with E-state index in [0.717, 1.165) is 31.0 Å². The van der Waals surface area contributed by atoms with E-state index in [4.69, 9.17) is 4.74 Å². The van der Waals surface area contributed by atoms with E-state index < -0.39 is 0 Å². The molecule has 1 aliphatic carbocycles. The molecule has 0 aliphatic heterocycles. The Balaban J connectivity index is 1.64. The zero-order valence-electron chi connectivity index (χ0n) is 10.4. The van der Waals surface area contributed by atoms with Crippen molar-refractivity contribution in [3.8, 4) is 0 Å². The summed E-state index contributed by atoms with van der Waals surface area (Å²) in [6.45, 7) is 6.36. The van der Waals surface area contributed by atoms with Crippen LogP contribution in [0.2, 0.25) is 0 Å². The van der Waals surface area contributed by atoms with Crippen LogP contribution in [-0.2, 0) is 11.3 Å². The molecule has 1 saturated carbocycles. The highest BCUT2D eigenvalue weighted by atomic mass is 16.5. The molecule has 1 fully saturated rings. The number of ether oxygens (including phenoxy) is 1. The van der Waals surface area contributed by atoms with E-state index in [1.807, 2.05) is 6.07 Å². The summed E-state index contributed by atoms with van der Waals surface area (Å²) in [7, 11) is 0. The van der Waals surface area contributed by atoms with Gasteiger partial charge in [0.05, 0.1) is 13.2 Å². The van der Waals surface area contributed by atoms with E-state index in [9.17, 15) is 0 Å². The summed E-state index contributed by atoms with van der Waals surface area (Å²) >= 11 is 0. The summed E-state index contributed by atoms with van der Waals surface area (Å²) in [5, 5.41) is 0. The molecule has 1 aliphatic rings. The summed E-state index contributed by atoms with van der Waals surface area (Å²) in [4.78, 5) is 0. The minimum atomic E-state index is 0.768. The van der Waals surface area contributed by atoms with E-state index in [1.165, 1.54) is 18.4 Å². The molecule has 2 rings (SSSR count). The fraction of sp³-hybridized carbons (Fsp3) is 0.600. The molecule has 3 unspecified atom stereocenters. The number of benzene rings is 1. The smallest absolute Gasteiger partial charge is 0.0717 e. The largest absolute Gasteiger partial charge is 0.376 e.